The summed E-state index contributed by atoms with van der Waals surface area (Å²) in [6.45, 7) is 5.23. The summed E-state index contributed by atoms with van der Waals surface area (Å²) in [4.78, 5) is 11.8. The lowest BCUT2D eigenvalue weighted by atomic mass is 10.1. The minimum atomic E-state index is -0.0297. The Morgan fingerprint density at radius 3 is 2.58 bits per heavy atom. The molecule has 1 amide bonds. The molecule has 0 bridgehead atoms. The molecule has 0 radical (unpaired) electrons. The first-order chi connectivity index (χ1) is 12.6. The van der Waals surface area contributed by atoms with Crippen molar-refractivity contribution >= 4 is 11.6 Å². The van der Waals surface area contributed by atoms with Crippen LogP contribution in [0.15, 0.2) is 67.0 Å². The van der Waals surface area contributed by atoms with Crippen LogP contribution in [0, 0.1) is 5.92 Å². The van der Waals surface area contributed by atoms with Crippen LogP contribution in [0.5, 0.6) is 0 Å². The third-order valence-corrected chi connectivity index (χ3v) is 4.03. The summed E-state index contributed by atoms with van der Waals surface area (Å²) in [7, 11) is 0. The van der Waals surface area contributed by atoms with Crippen molar-refractivity contribution in [2.75, 3.05) is 5.32 Å². The Hall–Kier alpha value is -2.92. The fraction of sp³-hybridized carbons (Fsp3) is 0.238. The van der Waals surface area contributed by atoms with E-state index in [1.165, 1.54) is 0 Å². The number of hydrogen-bond acceptors (Lipinski definition) is 3. The van der Waals surface area contributed by atoms with E-state index in [4.69, 9.17) is 0 Å². The second kappa shape index (κ2) is 8.45. The number of carbonyl (C=O) groups is 1. The number of para-hydroxylation sites is 1. The quantitative estimate of drug-likeness (QED) is 0.683. The second-order valence-electron chi connectivity index (χ2n) is 6.58. The molecule has 0 spiro atoms. The van der Waals surface area contributed by atoms with E-state index in [1.807, 2.05) is 85.5 Å². The molecule has 0 atom stereocenters. The Bertz CT molecular complexity index is 855. The number of anilines is 1. The van der Waals surface area contributed by atoms with E-state index in [0.29, 0.717) is 0 Å². The van der Waals surface area contributed by atoms with E-state index >= 15 is 0 Å². The molecule has 0 aliphatic rings. The molecule has 0 saturated heterocycles. The van der Waals surface area contributed by atoms with Gasteiger partial charge in [-0.25, -0.2) is 4.68 Å². The summed E-state index contributed by atoms with van der Waals surface area (Å²) < 4.78 is 1.87. The van der Waals surface area contributed by atoms with Crippen LogP contribution in [-0.4, -0.2) is 15.7 Å². The van der Waals surface area contributed by atoms with Crippen LogP contribution in [0.1, 0.15) is 25.0 Å². The smallest absolute Gasteiger partial charge is 0.226 e. The summed E-state index contributed by atoms with van der Waals surface area (Å²) in [6, 6.07) is 18.0. The summed E-state index contributed by atoms with van der Waals surface area (Å²) in [6.07, 6.45) is 3.90. The molecule has 5 nitrogen and oxygen atoms in total. The summed E-state index contributed by atoms with van der Waals surface area (Å²) in [5.41, 5.74) is 4.13. The summed E-state index contributed by atoms with van der Waals surface area (Å²) in [5, 5.41) is 10.8. The van der Waals surface area contributed by atoms with Crippen molar-refractivity contribution in [3.63, 3.8) is 0 Å². The average Bonchev–Trinajstić information content (AvgIpc) is 3.12. The molecular formula is C21H24N4O. The average molecular weight is 348 g/mol. The molecule has 2 aromatic carbocycles. The maximum atomic E-state index is 11.8. The first-order valence-electron chi connectivity index (χ1n) is 8.81. The van der Waals surface area contributed by atoms with E-state index in [1.54, 1.807) is 0 Å². The van der Waals surface area contributed by atoms with Gasteiger partial charge in [0.15, 0.2) is 0 Å². The third-order valence-electron chi connectivity index (χ3n) is 4.03. The van der Waals surface area contributed by atoms with Crippen molar-refractivity contribution < 1.29 is 4.79 Å². The molecule has 2 N–H and O–H groups in total. The van der Waals surface area contributed by atoms with E-state index in [2.05, 4.69) is 15.7 Å². The number of nitrogens with one attached hydrogen (secondary N) is 2. The van der Waals surface area contributed by atoms with Crippen molar-refractivity contribution in [1.82, 2.24) is 15.1 Å². The molecule has 1 aromatic heterocycles. The number of rotatable bonds is 7. The van der Waals surface area contributed by atoms with Crippen LogP contribution in [-0.2, 0) is 17.9 Å². The molecule has 26 heavy (non-hydrogen) atoms. The van der Waals surface area contributed by atoms with Gasteiger partial charge < -0.3 is 10.6 Å². The lowest BCUT2D eigenvalue weighted by Crippen LogP contribution is -2.18. The van der Waals surface area contributed by atoms with Crippen LogP contribution < -0.4 is 10.6 Å². The minimum Gasteiger partial charge on any atom is -0.326 e. The highest BCUT2D eigenvalue weighted by Gasteiger charge is 2.07. The van der Waals surface area contributed by atoms with Crippen molar-refractivity contribution in [2.24, 2.45) is 5.92 Å². The van der Waals surface area contributed by atoms with Gasteiger partial charge in [0.1, 0.15) is 0 Å². The number of benzene rings is 2. The lowest BCUT2D eigenvalue weighted by Gasteiger charge is -2.09. The van der Waals surface area contributed by atoms with Crippen molar-refractivity contribution in [2.45, 2.75) is 26.9 Å². The molecule has 0 aliphatic carbocycles. The van der Waals surface area contributed by atoms with Gasteiger partial charge in [0.2, 0.25) is 5.91 Å². The number of carbonyl (C=O) groups excluding carboxylic acids is 1. The van der Waals surface area contributed by atoms with Gasteiger partial charge in [-0.2, -0.15) is 5.10 Å². The SMILES string of the molecule is CC(C)C(=O)Nc1cccc(CNCc2cnn(-c3ccccc3)c2)c1. The Morgan fingerprint density at radius 1 is 1.04 bits per heavy atom. The van der Waals surface area contributed by atoms with Gasteiger partial charge in [-0.05, 0) is 29.8 Å². The van der Waals surface area contributed by atoms with Gasteiger partial charge in [0.25, 0.3) is 0 Å². The van der Waals surface area contributed by atoms with E-state index in [-0.39, 0.29) is 11.8 Å². The van der Waals surface area contributed by atoms with E-state index in [0.717, 1.165) is 35.6 Å². The Kier molecular flexibility index (Phi) is 5.81. The molecular weight excluding hydrogens is 324 g/mol. The van der Waals surface area contributed by atoms with Gasteiger partial charge in [0.05, 0.1) is 11.9 Å². The Balaban J connectivity index is 1.54. The van der Waals surface area contributed by atoms with Crippen LogP contribution >= 0.6 is 0 Å². The third kappa shape index (κ3) is 4.80. The summed E-state index contributed by atoms with van der Waals surface area (Å²) in [5.74, 6) is 0.00127. The highest BCUT2D eigenvalue weighted by Crippen LogP contribution is 2.12. The van der Waals surface area contributed by atoms with Crippen molar-refractivity contribution in [1.29, 1.82) is 0 Å². The zero-order valence-electron chi connectivity index (χ0n) is 15.1. The van der Waals surface area contributed by atoms with Crippen LogP contribution in [0.3, 0.4) is 0 Å². The van der Waals surface area contributed by atoms with Crippen LogP contribution in [0.4, 0.5) is 5.69 Å². The maximum absolute atomic E-state index is 11.8. The number of hydrogen-bond donors (Lipinski definition) is 2. The number of nitrogens with zero attached hydrogens (tertiary/aromatic N) is 2. The molecule has 1 heterocycles. The molecule has 0 unspecified atom stereocenters. The van der Waals surface area contributed by atoms with E-state index in [9.17, 15) is 4.79 Å². The monoisotopic (exact) mass is 348 g/mol. The standard InChI is InChI=1S/C21H24N4O/c1-16(2)21(26)24-19-8-6-7-17(11-19)12-22-13-18-14-23-25(15-18)20-9-4-3-5-10-20/h3-11,14-16,22H,12-13H2,1-2H3,(H,24,26). The van der Waals surface area contributed by atoms with Gasteiger partial charge in [0, 0.05) is 36.5 Å². The highest BCUT2D eigenvalue weighted by molar-refractivity contribution is 5.92. The van der Waals surface area contributed by atoms with Gasteiger partial charge in [-0.1, -0.05) is 44.2 Å². The summed E-state index contributed by atoms with van der Waals surface area (Å²) >= 11 is 0. The van der Waals surface area contributed by atoms with Crippen LogP contribution in [0.25, 0.3) is 5.69 Å². The zero-order chi connectivity index (χ0) is 18.4. The predicted molar refractivity (Wildman–Crippen MR) is 104 cm³/mol. The van der Waals surface area contributed by atoms with E-state index < -0.39 is 0 Å². The van der Waals surface area contributed by atoms with Crippen molar-refractivity contribution in [3.8, 4) is 5.69 Å². The first kappa shape index (κ1) is 17.9. The van der Waals surface area contributed by atoms with Gasteiger partial charge in [-0.3, -0.25) is 4.79 Å². The van der Waals surface area contributed by atoms with Gasteiger partial charge >= 0.3 is 0 Å². The molecule has 134 valence electrons. The van der Waals surface area contributed by atoms with Crippen molar-refractivity contribution in [3.05, 3.63) is 78.1 Å². The number of amides is 1. The molecule has 5 heteroatoms. The largest absolute Gasteiger partial charge is 0.326 e. The highest BCUT2D eigenvalue weighted by atomic mass is 16.1. The second-order valence-corrected chi connectivity index (χ2v) is 6.58. The minimum absolute atomic E-state index is 0.0297. The Morgan fingerprint density at radius 2 is 1.81 bits per heavy atom. The molecule has 0 aliphatic heterocycles. The zero-order valence-corrected chi connectivity index (χ0v) is 15.1. The Labute approximate surface area is 154 Å². The number of aromatic nitrogens is 2. The lowest BCUT2D eigenvalue weighted by molar-refractivity contribution is -0.118. The topological polar surface area (TPSA) is 59.0 Å². The molecule has 3 rings (SSSR count). The van der Waals surface area contributed by atoms with Crippen LogP contribution in [0.2, 0.25) is 0 Å². The fourth-order valence-corrected chi connectivity index (χ4v) is 2.57. The van der Waals surface area contributed by atoms with Gasteiger partial charge in [-0.15, -0.1) is 0 Å². The molecule has 0 fully saturated rings. The normalized spacial score (nSPS) is 10.9. The first-order valence-corrected chi connectivity index (χ1v) is 8.81. The molecule has 0 saturated carbocycles. The molecule has 3 aromatic rings. The maximum Gasteiger partial charge on any atom is 0.226 e. The fourth-order valence-electron chi connectivity index (χ4n) is 2.57. The predicted octanol–water partition coefficient (Wildman–Crippen LogP) is 3.76.